The maximum atomic E-state index is 12.6. The molecule has 0 spiro atoms. The second kappa shape index (κ2) is 32.4. The van der Waals surface area contributed by atoms with Crippen LogP contribution in [0.4, 0.5) is 53.3 Å². The first-order chi connectivity index (χ1) is 47.7. The first-order valence-electron chi connectivity index (χ1n) is 31.7. The number of methoxy groups -OCH3 is 2. The zero-order valence-corrected chi connectivity index (χ0v) is 59.3. The fraction of sp³-hybridized carbons (Fsp3) is 0.257. The third-order valence-electron chi connectivity index (χ3n) is 15.9. The molecule has 30 heteroatoms. The van der Waals surface area contributed by atoms with Crippen LogP contribution in [0.2, 0.25) is 0 Å². The summed E-state index contributed by atoms with van der Waals surface area (Å²) < 4.78 is 125. The van der Waals surface area contributed by atoms with Crippen LogP contribution in [-0.2, 0) is 46.7 Å². The van der Waals surface area contributed by atoms with Crippen molar-refractivity contribution in [2.24, 2.45) is 0 Å². The lowest BCUT2D eigenvalue weighted by molar-refractivity contribution is 0.220. The average Bonchev–Trinajstić information content (AvgIpc) is 1.31. The van der Waals surface area contributed by atoms with E-state index in [2.05, 4.69) is 20.1 Å². The molecular weight excluding hydrogens is 1370 g/mol. The zero-order valence-electron chi connectivity index (χ0n) is 56.0. The van der Waals surface area contributed by atoms with E-state index >= 15 is 0 Å². The Balaban J connectivity index is 0.000000156. The predicted molar refractivity (Wildman–Crippen MR) is 382 cm³/mol. The van der Waals surface area contributed by atoms with Gasteiger partial charge < -0.3 is 38.3 Å². The van der Waals surface area contributed by atoms with Crippen molar-refractivity contribution in [3.05, 3.63) is 205 Å². The number of aryl methyl sites for hydroxylation is 3. The van der Waals surface area contributed by atoms with Gasteiger partial charge in [-0.25, -0.2) is 36.0 Å². The highest BCUT2D eigenvalue weighted by atomic mass is 32.2. The molecule has 4 fully saturated rings. The lowest BCUT2D eigenvalue weighted by atomic mass is 10.2. The third-order valence-corrected chi connectivity index (χ3v) is 21.2. The van der Waals surface area contributed by atoms with Crippen molar-refractivity contribution in [3.8, 4) is 23.0 Å². The summed E-state index contributed by atoms with van der Waals surface area (Å²) in [5.41, 5.74) is 6.48. The molecule has 0 bridgehead atoms. The Morgan fingerprint density at radius 3 is 1.19 bits per heavy atom. The van der Waals surface area contributed by atoms with Crippen LogP contribution in [0.15, 0.2) is 208 Å². The van der Waals surface area contributed by atoms with Gasteiger partial charge in [0.1, 0.15) is 32.8 Å². The molecule has 4 aliphatic heterocycles. The number of sulfonamides is 2. The average molecular weight is 1440 g/mol. The Kier molecular flexibility index (Phi) is 23.9. The molecule has 8 aromatic rings. The summed E-state index contributed by atoms with van der Waals surface area (Å²) >= 11 is 0. The smallest absolute Gasteiger partial charge is 0.339 e. The molecule has 100 heavy (non-hydrogen) atoms. The molecule has 4 N–H and O–H groups in total. The second-order valence-electron chi connectivity index (χ2n) is 23.1. The van der Waals surface area contributed by atoms with Crippen LogP contribution in [-0.4, -0.2) is 148 Å². The highest BCUT2D eigenvalue weighted by Crippen LogP contribution is 2.31. The number of ether oxygens (including phenoxy) is 2. The van der Waals surface area contributed by atoms with E-state index in [1.807, 2.05) is 52.0 Å². The minimum absolute atomic E-state index is 0.0431. The molecular formula is C70H78N10O16S4. The normalized spacial score (nSPS) is 14.6. The molecule has 0 unspecified atom stereocenters. The quantitative estimate of drug-likeness (QED) is 0.0486. The molecule has 0 aliphatic carbocycles. The fourth-order valence-corrected chi connectivity index (χ4v) is 14.5. The van der Waals surface area contributed by atoms with Crippen molar-refractivity contribution in [2.75, 3.05) is 109 Å². The van der Waals surface area contributed by atoms with E-state index in [9.17, 15) is 52.8 Å². The molecule has 4 aliphatic rings. The molecule has 528 valence electrons. The fourth-order valence-electron chi connectivity index (χ4n) is 10.6. The van der Waals surface area contributed by atoms with Gasteiger partial charge in [0, 0.05) is 113 Å². The molecule has 8 aromatic carbocycles. The molecule has 26 nitrogen and oxygen atoms in total. The van der Waals surface area contributed by atoms with Crippen molar-refractivity contribution >= 4 is 98.5 Å². The van der Waals surface area contributed by atoms with Crippen LogP contribution in [0, 0.1) is 13.8 Å². The Bertz CT molecular complexity index is 4670. The maximum absolute atomic E-state index is 12.6. The van der Waals surface area contributed by atoms with Gasteiger partial charge in [-0.15, -0.1) is 0 Å². The monoisotopic (exact) mass is 1440 g/mol. The van der Waals surface area contributed by atoms with E-state index in [1.165, 1.54) is 62.8 Å². The second-order valence-corrected chi connectivity index (χ2v) is 29.5. The first-order valence-corrected chi connectivity index (χ1v) is 37.5. The number of carbonyl (C=O) groups is 4. The van der Waals surface area contributed by atoms with Gasteiger partial charge >= 0.3 is 44.4 Å². The molecule has 4 saturated heterocycles. The number of carbonyl (C=O) groups excluding carboxylic acids is 4. The SMILES string of the molecule is CCCN1CCN(c2ccc(S(=O)(=O)Oc3cccc(C)c3)cc2)C1=O.CCc1ccc(NS(=O)(=O)c2ccc(N3CCNC3=O)cc2)cc1.COc1cc(NS(=O)(=O)c2ccc(N3CCNC3=O)cc2)cc(OC)c1.Cc1cccc(OS(=O)(=O)c2ccc(N3CCN(C)C3=O)cc2)c1. The van der Waals surface area contributed by atoms with E-state index in [1.54, 1.807) is 152 Å². The van der Waals surface area contributed by atoms with E-state index < -0.39 is 40.3 Å². The number of nitrogens with zero attached hydrogens (tertiary/aromatic N) is 6. The van der Waals surface area contributed by atoms with E-state index in [0.717, 1.165) is 36.1 Å². The van der Waals surface area contributed by atoms with E-state index in [4.69, 9.17) is 17.8 Å². The number of urea groups is 4. The number of hydrogen-bond donors (Lipinski definition) is 4. The van der Waals surface area contributed by atoms with Gasteiger partial charge in [-0.2, -0.15) is 16.8 Å². The Labute approximate surface area is 583 Å². The van der Waals surface area contributed by atoms with Crippen LogP contribution < -0.4 is 57.5 Å². The summed E-state index contributed by atoms with van der Waals surface area (Å²) in [6.45, 7) is 13.3. The largest absolute Gasteiger partial charge is 0.497 e. The highest BCUT2D eigenvalue weighted by Gasteiger charge is 2.31. The highest BCUT2D eigenvalue weighted by molar-refractivity contribution is 7.93. The van der Waals surface area contributed by atoms with Gasteiger partial charge in [0.2, 0.25) is 0 Å². The molecule has 4 heterocycles. The summed E-state index contributed by atoms with van der Waals surface area (Å²) in [5.74, 6) is 1.49. The maximum Gasteiger partial charge on any atom is 0.339 e. The van der Waals surface area contributed by atoms with Crippen LogP contribution >= 0.6 is 0 Å². The van der Waals surface area contributed by atoms with Crippen LogP contribution in [0.1, 0.15) is 37.0 Å². The predicted octanol–water partition coefficient (Wildman–Crippen LogP) is 10.7. The molecule has 0 atom stereocenters. The van der Waals surface area contributed by atoms with Gasteiger partial charge in [-0.05, 0) is 177 Å². The van der Waals surface area contributed by atoms with Crippen molar-refractivity contribution in [3.63, 3.8) is 0 Å². The number of anilines is 6. The standard InChI is InChI=1S/C19H22N2O4S.C17H19N3O5S.C17H19N3O3S.C17H18N2O4S/c1-3-11-20-12-13-21(19(20)22)16-7-9-18(10-8-16)26(23,24)25-17-6-4-5-15(2)14-17;1-24-14-9-12(10-15(11-14)25-2)19-26(22,23)16-5-3-13(4-6-16)20-8-7-18-17(20)21;1-2-13-3-5-14(6-4-13)19-24(22,23)16-9-7-15(8-10-16)20-12-11-18-17(20)21;1-13-4-3-5-15(12-13)23-24(21,22)16-8-6-14(7-9-16)19-11-10-18(2)17(19)20/h4-10,14H,3,11-13H2,1-2H3;3-6,9-11,19H,7-8H2,1-2H3,(H,18,21);3-10,19H,2,11-12H2,1H3,(H,18,21);3-9,12H,10-11H2,1-2H3. The Morgan fingerprint density at radius 2 is 0.820 bits per heavy atom. The van der Waals surface area contributed by atoms with Gasteiger partial charge in [-0.3, -0.25) is 29.0 Å². The summed E-state index contributed by atoms with van der Waals surface area (Å²) in [6.07, 6.45) is 1.81. The number of rotatable bonds is 21. The molecule has 0 radical (unpaired) electrons. The number of hydrogen-bond acceptors (Lipinski definition) is 16. The lowest BCUT2D eigenvalue weighted by Gasteiger charge is -2.18. The number of amides is 8. The lowest BCUT2D eigenvalue weighted by Crippen LogP contribution is -2.32. The van der Waals surface area contributed by atoms with Crippen LogP contribution in [0.25, 0.3) is 0 Å². The minimum Gasteiger partial charge on any atom is -0.497 e. The third kappa shape index (κ3) is 18.8. The van der Waals surface area contributed by atoms with Crippen LogP contribution in [0.5, 0.6) is 23.0 Å². The van der Waals surface area contributed by atoms with Gasteiger partial charge in [0.25, 0.3) is 20.0 Å². The zero-order chi connectivity index (χ0) is 71.9. The van der Waals surface area contributed by atoms with Gasteiger partial charge in [0.05, 0.1) is 29.7 Å². The van der Waals surface area contributed by atoms with Crippen LogP contribution in [0.3, 0.4) is 0 Å². The van der Waals surface area contributed by atoms with Crippen molar-refractivity contribution in [2.45, 2.75) is 60.1 Å². The minimum atomic E-state index is -3.92. The Hall–Kier alpha value is -10.6. The number of benzene rings is 8. The first kappa shape index (κ1) is 73.7. The van der Waals surface area contributed by atoms with E-state index in [0.29, 0.717) is 98.0 Å². The Morgan fingerprint density at radius 1 is 0.420 bits per heavy atom. The molecule has 8 amide bonds. The number of nitrogens with one attached hydrogen (secondary N) is 4. The molecule has 12 rings (SSSR count). The van der Waals surface area contributed by atoms with E-state index in [-0.39, 0.29) is 55.2 Å². The van der Waals surface area contributed by atoms with Gasteiger partial charge in [0.15, 0.2) is 0 Å². The summed E-state index contributed by atoms with van der Waals surface area (Å²) in [7, 11) is -10.6. The molecule has 0 saturated carbocycles. The van der Waals surface area contributed by atoms with Crippen molar-refractivity contribution in [1.29, 1.82) is 0 Å². The van der Waals surface area contributed by atoms with Crippen molar-refractivity contribution < 1.29 is 70.7 Å². The topological polar surface area (TPSA) is 309 Å². The summed E-state index contributed by atoms with van der Waals surface area (Å²) in [6, 6.07) is 50.0. The van der Waals surface area contributed by atoms with Crippen molar-refractivity contribution in [1.82, 2.24) is 20.4 Å². The summed E-state index contributed by atoms with van der Waals surface area (Å²) in [4.78, 5) is 57.8. The molecule has 0 aromatic heterocycles. The summed E-state index contributed by atoms with van der Waals surface area (Å²) in [5, 5.41) is 5.41. The number of likely N-dealkylation sites (N-methyl/N-ethyl adjacent to an activating group) is 1. The van der Waals surface area contributed by atoms with Gasteiger partial charge in [-0.1, -0.05) is 50.2 Å².